The summed E-state index contributed by atoms with van der Waals surface area (Å²) in [7, 11) is 0. The van der Waals surface area contributed by atoms with Crippen LogP contribution in [0.1, 0.15) is 36.6 Å². The lowest BCUT2D eigenvalue weighted by molar-refractivity contribution is -0.117. The fourth-order valence-corrected chi connectivity index (χ4v) is 3.55. The summed E-state index contributed by atoms with van der Waals surface area (Å²) in [6.07, 6.45) is 1.62. The number of benzene rings is 3. The minimum atomic E-state index is -0.428. The van der Waals surface area contributed by atoms with Crippen molar-refractivity contribution in [2.24, 2.45) is 0 Å². The second kappa shape index (κ2) is 11.5. The van der Waals surface area contributed by atoms with Gasteiger partial charge in [0.1, 0.15) is 17.4 Å². The Balaban J connectivity index is 1.86. The van der Waals surface area contributed by atoms with Crippen molar-refractivity contribution in [2.75, 3.05) is 11.5 Å². The van der Waals surface area contributed by atoms with Crippen LogP contribution in [0.25, 0.3) is 0 Å². The summed E-state index contributed by atoms with van der Waals surface area (Å²) in [4.78, 5) is 15.0. The van der Waals surface area contributed by atoms with Crippen LogP contribution in [-0.2, 0) is 11.3 Å². The first-order valence-electron chi connectivity index (χ1n) is 11.0. The van der Waals surface area contributed by atoms with Gasteiger partial charge in [0.15, 0.2) is 0 Å². The zero-order valence-electron chi connectivity index (χ0n) is 19.3. The predicted octanol–water partition coefficient (Wildman–Crippen LogP) is 5.69. The van der Waals surface area contributed by atoms with Gasteiger partial charge in [0.2, 0.25) is 0 Å². The third kappa shape index (κ3) is 6.47. The quantitative estimate of drug-likeness (QED) is 0.344. The van der Waals surface area contributed by atoms with Crippen LogP contribution in [0.4, 0.5) is 5.69 Å². The van der Waals surface area contributed by atoms with Crippen molar-refractivity contribution in [3.8, 4) is 11.8 Å². The third-order valence-corrected chi connectivity index (χ3v) is 5.21. The maximum atomic E-state index is 13.1. The number of nitrogens with one attached hydrogen (secondary N) is 1. The molecule has 168 valence electrons. The van der Waals surface area contributed by atoms with Crippen molar-refractivity contribution >= 4 is 11.6 Å². The Morgan fingerprint density at radius 2 is 1.76 bits per heavy atom. The number of carbonyl (C=O) groups is 1. The molecule has 5 nitrogen and oxygen atoms in total. The van der Waals surface area contributed by atoms with Gasteiger partial charge in [-0.3, -0.25) is 4.79 Å². The lowest BCUT2D eigenvalue weighted by Crippen LogP contribution is -2.29. The molecule has 0 radical (unpaired) electrons. The number of nitriles is 1. The molecule has 0 aliphatic carbocycles. The Morgan fingerprint density at radius 1 is 1.09 bits per heavy atom. The molecule has 0 saturated carbocycles. The lowest BCUT2D eigenvalue weighted by atomic mass is 10.0. The number of amides is 1. The summed E-state index contributed by atoms with van der Waals surface area (Å²) < 4.78 is 5.73. The molecule has 3 rings (SSSR count). The summed E-state index contributed by atoms with van der Waals surface area (Å²) in [5.41, 5.74) is 3.96. The molecule has 0 bridgehead atoms. The molecule has 1 atom stereocenters. The summed E-state index contributed by atoms with van der Waals surface area (Å²) in [5, 5.41) is 12.8. The van der Waals surface area contributed by atoms with Crippen LogP contribution in [0.15, 0.2) is 90.6 Å². The molecule has 0 heterocycles. The Hall–Kier alpha value is -4.04. The number of para-hydroxylation sites is 1. The Morgan fingerprint density at radius 3 is 2.39 bits per heavy atom. The van der Waals surface area contributed by atoms with E-state index in [1.54, 1.807) is 6.20 Å². The zero-order valence-corrected chi connectivity index (χ0v) is 19.3. The van der Waals surface area contributed by atoms with Gasteiger partial charge in [-0.05, 0) is 44.5 Å². The zero-order chi connectivity index (χ0) is 23.6. The minimum absolute atomic E-state index is 0.0345. The molecule has 0 aliphatic heterocycles. The lowest BCUT2D eigenvalue weighted by Gasteiger charge is -2.22. The molecule has 5 heteroatoms. The molecule has 33 heavy (non-hydrogen) atoms. The third-order valence-electron chi connectivity index (χ3n) is 5.21. The van der Waals surface area contributed by atoms with E-state index in [0.29, 0.717) is 13.2 Å². The van der Waals surface area contributed by atoms with E-state index in [-0.39, 0.29) is 11.6 Å². The van der Waals surface area contributed by atoms with Crippen LogP contribution >= 0.6 is 0 Å². The van der Waals surface area contributed by atoms with Crippen molar-refractivity contribution < 1.29 is 9.53 Å². The van der Waals surface area contributed by atoms with Crippen LogP contribution in [0.3, 0.4) is 0 Å². The number of carbonyl (C=O) groups excluding carboxylic acids is 1. The number of nitrogens with zero attached hydrogens (tertiary/aromatic N) is 2. The maximum absolute atomic E-state index is 13.1. The Kier molecular flexibility index (Phi) is 8.26. The van der Waals surface area contributed by atoms with Crippen LogP contribution < -0.4 is 15.0 Å². The van der Waals surface area contributed by atoms with Gasteiger partial charge in [0, 0.05) is 24.0 Å². The molecule has 0 fully saturated rings. The normalized spacial score (nSPS) is 11.9. The fraction of sp³-hybridized carbons (Fsp3) is 0.214. The van der Waals surface area contributed by atoms with E-state index in [4.69, 9.17) is 4.74 Å². The van der Waals surface area contributed by atoms with Gasteiger partial charge in [0.05, 0.1) is 12.6 Å². The molecule has 1 amide bonds. The first kappa shape index (κ1) is 23.6. The van der Waals surface area contributed by atoms with Gasteiger partial charge in [-0.1, -0.05) is 66.2 Å². The molecule has 1 unspecified atom stereocenters. The van der Waals surface area contributed by atoms with E-state index in [1.165, 1.54) is 0 Å². The second-order valence-corrected chi connectivity index (χ2v) is 7.77. The topological polar surface area (TPSA) is 65.4 Å². The number of anilines is 1. The van der Waals surface area contributed by atoms with Gasteiger partial charge in [-0.2, -0.15) is 5.26 Å². The Bertz CT molecular complexity index is 1130. The van der Waals surface area contributed by atoms with E-state index in [0.717, 1.165) is 28.1 Å². The summed E-state index contributed by atoms with van der Waals surface area (Å²) in [6, 6.07) is 27.3. The number of rotatable bonds is 9. The minimum Gasteiger partial charge on any atom is -0.494 e. The van der Waals surface area contributed by atoms with E-state index < -0.39 is 5.91 Å². The first-order chi connectivity index (χ1) is 16.0. The van der Waals surface area contributed by atoms with Crippen molar-refractivity contribution in [1.29, 1.82) is 5.26 Å². The first-order valence-corrected chi connectivity index (χ1v) is 11.0. The molecule has 3 aromatic rings. The van der Waals surface area contributed by atoms with Crippen LogP contribution in [0.2, 0.25) is 0 Å². The second-order valence-electron chi connectivity index (χ2n) is 7.77. The van der Waals surface area contributed by atoms with Gasteiger partial charge in [0.25, 0.3) is 5.91 Å². The van der Waals surface area contributed by atoms with E-state index in [2.05, 4.69) is 11.4 Å². The predicted molar refractivity (Wildman–Crippen MR) is 132 cm³/mol. The van der Waals surface area contributed by atoms with Crippen molar-refractivity contribution in [2.45, 2.75) is 33.4 Å². The average molecular weight is 440 g/mol. The van der Waals surface area contributed by atoms with Crippen LogP contribution in [-0.4, -0.2) is 12.5 Å². The van der Waals surface area contributed by atoms with Gasteiger partial charge >= 0.3 is 0 Å². The van der Waals surface area contributed by atoms with Crippen molar-refractivity contribution in [1.82, 2.24) is 5.32 Å². The molecule has 0 spiro atoms. The molecule has 3 aromatic carbocycles. The number of hydrogen-bond donors (Lipinski definition) is 1. The molecular weight excluding hydrogens is 410 g/mol. The monoisotopic (exact) mass is 439 g/mol. The van der Waals surface area contributed by atoms with Crippen molar-refractivity contribution in [3.05, 3.63) is 107 Å². The number of hydrogen-bond acceptors (Lipinski definition) is 4. The van der Waals surface area contributed by atoms with Crippen LogP contribution in [0, 0.1) is 18.3 Å². The smallest absolute Gasteiger partial charge is 0.263 e. The maximum Gasteiger partial charge on any atom is 0.263 e. The summed E-state index contributed by atoms with van der Waals surface area (Å²) >= 11 is 0. The summed E-state index contributed by atoms with van der Waals surface area (Å²) in [6.45, 7) is 6.88. The highest BCUT2D eigenvalue weighted by molar-refractivity contribution is 5.97. The van der Waals surface area contributed by atoms with Gasteiger partial charge in [-0.25, -0.2) is 0 Å². The molecule has 0 aliphatic rings. The highest BCUT2D eigenvalue weighted by atomic mass is 16.5. The molecular formula is C28H29N3O2. The highest BCUT2D eigenvalue weighted by Crippen LogP contribution is 2.27. The largest absolute Gasteiger partial charge is 0.494 e. The van der Waals surface area contributed by atoms with E-state index in [1.807, 2.05) is 105 Å². The average Bonchev–Trinajstić information content (AvgIpc) is 2.84. The SMILES string of the molecule is CCOc1ccc(C)cc1C(C)NC(=O)/C(C#N)=C\N(Cc1ccccc1)c1ccccc1. The van der Waals surface area contributed by atoms with E-state index >= 15 is 0 Å². The Labute approximate surface area is 195 Å². The highest BCUT2D eigenvalue weighted by Gasteiger charge is 2.18. The van der Waals surface area contributed by atoms with Crippen molar-refractivity contribution in [3.63, 3.8) is 0 Å². The van der Waals surface area contributed by atoms with Crippen LogP contribution in [0.5, 0.6) is 5.75 Å². The molecule has 1 N–H and O–H groups in total. The number of aryl methyl sites for hydroxylation is 1. The fourth-order valence-electron chi connectivity index (χ4n) is 3.55. The van der Waals surface area contributed by atoms with E-state index in [9.17, 15) is 10.1 Å². The van der Waals surface area contributed by atoms with Gasteiger partial charge in [-0.15, -0.1) is 0 Å². The summed E-state index contributed by atoms with van der Waals surface area (Å²) in [5.74, 6) is 0.302. The standard InChI is InChI=1S/C28H29N3O2/c1-4-33-27-16-15-21(2)17-26(27)22(3)30-28(32)24(18-29)20-31(25-13-9-6-10-14-25)19-23-11-7-5-8-12-23/h5-17,20,22H,4,19H2,1-3H3,(H,30,32)/b24-20-. The number of ether oxygens (including phenoxy) is 1. The molecule has 0 aromatic heterocycles. The van der Waals surface area contributed by atoms with Gasteiger partial charge < -0.3 is 15.0 Å². The molecule has 0 saturated heterocycles.